The van der Waals surface area contributed by atoms with E-state index in [0.29, 0.717) is 12.7 Å². The molecule has 0 amide bonds. The molecule has 0 spiro atoms. The van der Waals surface area contributed by atoms with Gasteiger partial charge in [0.1, 0.15) is 12.4 Å². The van der Waals surface area contributed by atoms with Crippen LogP contribution in [0.1, 0.15) is 32.3 Å². The maximum Gasteiger partial charge on any atom is 0.126 e. The minimum Gasteiger partial charge on any atom is -0.490 e. The Labute approximate surface area is 122 Å². The molecule has 1 aliphatic heterocycles. The number of hydrogen-bond donors (Lipinski definition) is 1. The SMILES string of the molecule is CC=Cc1ccccc1OCC1CCC(CNCC)O1. The molecule has 1 aromatic carbocycles. The topological polar surface area (TPSA) is 30.5 Å². The summed E-state index contributed by atoms with van der Waals surface area (Å²) in [6.07, 6.45) is 6.87. The number of rotatable bonds is 7. The first-order valence-corrected chi connectivity index (χ1v) is 7.54. The molecule has 1 aromatic rings. The van der Waals surface area contributed by atoms with Crippen LogP contribution in [-0.4, -0.2) is 31.9 Å². The molecule has 1 N–H and O–H groups in total. The highest BCUT2D eigenvalue weighted by atomic mass is 16.5. The summed E-state index contributed by atoms with van der Waals surface area (Å²) in [7, 11) is 0. The highest BCUT2D eigenvalue weighted by molar-refractivity contribution is 5.56. The molecule has 110 valence electrons. The summed E-state index contributed by atoms with van der Waals surface area (Å²) >= 11 is 0. The highest BCUT2D eigenvalue weighted by Gasteiger charge is 2.25. The highest BCUT2D eigenvalue weighted by Crippen LogP contribution is 2.23. The lowest BCUT2D eigenvalue weighted by Crippen LogP contribution is -2.28. The van der Waals surface area contributed by atoms with E-state index in [-0.39, 0.29) is 6.10 Å². The van der Waals surface area contributed by atoms with Crippen LogP contribution in [0.15, 0.2) is 30.3 Å². The van der Waals surface area contributed by atoms with Gasteiger partial charge in [-0.1, -0.05) is 37.3 Å². The maximum absolute atomic E-state index is 5.98. The number of nitrogens with one attached hydrogen (secondary N) is 1. The average molecular weight is 275 g/mol. The van der Waals surface area contributed by atoms with E-state index in [2.05, 4.69) is 24.4 Å². The van der Waals surface area contributed by atoms with Gasteiger partial charge in [-0.2, -0.15) is 0 Å². The molecule has 20 heavy (non-hydrogen) atoms. The van der Waals surface area contributed by atoms with Gasteiger partial charge in [0.2, 0.25) is 0 Å². The van der Waals surface area contributed by atoms with Crippen LogP contribution in [0.4, 0.5) is 0 Å². The zero-order chi connectivity index (χ0) is 14.2. The zero-order valence-corrected chi connectivity index (χ0v) is 12.5. The smallest absolute Gasteiger partial charge is 0.126 e. The van der Waals surface area contributed by atoms with E-state index in [0.717, 1.165) is 37.2 Å². The molecule has 0 aromatic heterocycles. The summed E-state index contributed by atoms with van der Waals surface area (Å²) in [5, 5.41) is 3.34. The van der Waals surface area contributed by atoms with Gasteiger partial charge in [0.25, 0.3) is 0 Å². The zero-order valence-electron chi connectivity index (χ0n) is 12.5. The van der Waals surface area contributed by atoms with Gasteiger partial charge in [0, 0.05) is 12.1 Å². The van der Waals surface area contributed by atoms with E-state index in [9.17, 15) is 0 Å². The van der Waals surface area contributed by atoms with Crippen LogP contribution in [0.2, 0.25) is 0 Å². The fourth-order valence-corrected chi connectivity index (χ4v) is 2.47. The Hall–Kier alpha value is -1.32. The molecule has 0 radical (unpaired) electrons. The van der Waals surface area contributed by atoms with E-state index in [1.807, 2.05) is 31.2 Å². The standard InChI is InChI=1S/C17H25NO2/c1-3-7-14-8-5-6-9-17(14)19-13-16-11-10-15(20-16)12-18-4-2/h3,5-9,15-16,18H,4,10-13H2,1-2H3. The first-order chi connectivity index (χ1) is 9.83. The van der Waals surface area contributed by atoms with Crippen molar-refractivity contribution in [1.29, 1.82) is 0 Å². The van der Waals surface area contributed by atoms with Crippen molar-refractivity contribution >= 4 is 6.08 Å². The van der Waals surface area contributed by atoms with Gasteiger partial charge in [0.05, 0.1) is 12.2 Å². The number of ether oxygens (including phenoxy) is 2. The Morgan fingerprint density at radius 3 is 2.90 bits per heavy atom. The van der Waals surface area contributed by atoms with Gasteiger partial charge in [-0.25, -0.2) is 0 Å². The van der Waals surface area contributed by atoms with Crippen molar-refractivity contribution in [2.75, 3.05) is 19.7 Å². The van der Waals surface area contributed by atoms with E-state index in [1.54, 1.807) is 0 Å². The van der Waals surface area contributed by atoms with E-state index in [1.165, 1.54) is 0 Å². The van der Waals surface area contributed by atoms with E-state index >= 15 is 0 Å². The van der Waals surface area contributed by atoms with Crippen molar-refractivity contribution in [3.8, 4) is 5.75 Å². The normalized spacial score (nSPS) is 22.5. The Morgan fingerprint density at radius 1 is 1.30 bits per heavy atom. The minimum absolute atomic E-state index is 0.220. The number of hydrogen-bond acceptors (Lipinski definition) is 3. The van der Waals surface area contributed by atoms with Gasteiger partial charge in [-0.15, -0.1) is 0 Å². The summed E-state index contributed by atoms with van der Waals surface area (Å²) in [5.74, 6) is 0.935. The molecule has 1 aliphatic rings. The Morgan fingerprint density at radius 2 is 2.10 bits per heavy atom. The molecular formula is C17H25NO2. The Kier molecular flexibility index (Phi) is 6.09. The predicted octanol–water partition coefficient (Wildman–Crippen LogP) is 3.26. The molecule has 2 rings (SSSR count). The maximum atomic E-state index is 5.98. The quantitative estimate of drug-likeness (QED) is 0.828. The molecule has 2 unspecified atom stereocenters. The van der Waals surface area contributed by atoms with Crippen LogP contribution in [0.3, 0.4) is 0 Å². The number of benzene rings is 1. The molecule has 1 saturated heterocycles. The lowest BCUT2D eigenvalue weighted by Gasteiger charge is -2.15. The van der Waals surface area contributed by atoms with Crippen LogP contribution in [0, 0.1) is 0 Å². The monoisotopic (exact) mass is 275 g/mol. The molecule has 3 heteroatoms. The summed E-state index contributed by atoms with van der Waals surface area (Å²) in [5.41, 5.74) is 1.12. The summed E-state index contributed by atoms with van der Waals surface area (Å²) in [6, 6.07) is 8.12. The van der Waals surface area contributed by atoms with E-state index < -0.39 is 0 Å². The first-order valence-electron chi connectivity index (χ1n) is 7.54. The predicted molar refractivity (Wildman–Crippen MR) is 83.1 cm³/mol. The van der Waals surface area contributed by atoms with Gasteiger partial charge >= 0.3 is 0 Å². The second-order valence-electron chi connectivity index (χ2n) is 5.11. The van der Waals surface area contributed by atoms with Crippen LogP contribution in [0.5, 0.6) is 5.75 Å². The van der Waals surface area contributed by atoms with Crippen molar-refractivity contribution < 1.29 is 9.47 Å². The van der Waals surface area contributed by atoms with E-state index in [4.69, 9.17) is 9.47 Å². The summed E-state index contributed by atoms with van der Waals surface area (Å²) in [4.78, 5) is 0. The molecule has 1 heterocycles. The molecule has 0 saturated carbocycles. The van der Waals surface area contributed by atoms with Gasteiger partial charge in [0.15, 0.2) is 0 Å². The van der Waals surface area contributed by atoms with Crippen LogP contribution in [-0.2, 0) is 4.74 Å². The third-order valence-electron chi connectivity index (χ3n) is 3.51. The second-order valence-corrected chi connectivity index (χ2v) is 5.11. The molecule has 0 aliphatic carbocycles. The largest absolute Gasteiger partial charge is 0.490 e. The molecule has 3 nitrogen and oxygen atoms in total. The Balaban J connectivity index is 1.81. The van der Waals surface area contributed by atoms with Gasteiger partial charge in [-0.05, 0) is 32.4 Å². The lowest BCUT2D eigenvalue weighted by atomic mass is 10.2. The van der Waals surface area contributed by atoms with Crippen molar-refractivity contribution in [3.05, 3.63) is 35.9 Å². The Bertz CT molecular complexity index is 431. The van der Waals surface area contributed by atoms with Crippen molar-refractivity contribution in [2.45, 2.75) is 38.9 Å². The summed E-state index contributed by atoms with van der Waals surface area (Å²) < 4.78 is 11.9. The van der Waals surface area contributed by atoms with Crippen LogP contribution < -0.4 is 10.1 Å². The lowest BCUT2D eigenvalue weighted by molar-refractivity contribution is 0.0187. The minimum atomic E-state index is 0.220. The molecule has 0 bridgehead atoms. The third-order valence-corrected chi connectivity index (χ3v) is 3.51. The molecule has 2 atom stereocenters. The van der Waals surface area contributed by atoms with Gasteiger partial charge in [-0.3, -0.25) is 0 Å². The molecular weight excluding hydrogens is 250 g/mol. The number of likely N-dealkylation sites (N-methyl/N-ethyl adjacent to an activating group) is 1. The average Bonchev–Trinajstić information content (AvgIpc) is 2.92. The van der Waals surface area contributed by atoms with Crippen molar-refractivity contribution in [3.63, 3.8) is 0 Å². The van der Waals surface area contributed by atoms with Crippen LogP contribution in [0.25, 0.3) is 6.08 Å². The van der Waals surface area contributed by atoms with Gasteiger partial charge < -0.3 is 14.8 Å². The van der Waals surface area contributed by atoms with Crippen molar-refractivity contribution in [1.82, 2.24) is 5.32 Å². The van der Waals surface area contributed by atoms with Crippen molar-refractivity contribution in [2.24, 2.45) is 0 Å². The number of para-hydroxylation sites is 1. The second kappa shape index (κ2) is 8.08. The summed E-state index contributed by atoms with van der Waals surface area (Å²) in [6.45, 7) is 6.72. The fourth-order valence-electron chi connectivity index (χ4n) is 2.47. The number of allylic oxidation sites excluding steroid dienone is 1. The first kappa shape index (κ1) is 15.1. The molecule has 1 fully saturated rings. The third kappa shape index (κ3) is 4.36. The van der Waals surface area contributed by atoms with Crippen LogP contribution >= 0.6 is 0 Å². The fraction of sp³-hybridized carbons (Fsp3) is 0.529.